The third-order valence-corrected chi connectivity index (χ3v) is 6.54. The minimum absolute atomic E-state index is 0.00598. The van der Waals surface area contributed by atoms with Gasteiger partial charge in [-0.25, -0.2) is 22.3 Å². The van der Waals surface area contributed by atoms with Crippen molar-refractivity contribution in [2.75, 3.05) is 20.3 Å². The van der Waals surface area contributed by atoms with Crippen LogP contribution in [0.1, 0.15) is 16.7 Å². The maximum atomic E-state index is 15.0. The van der Waals surface area contributed by atoms with Crippen molar-refractivity contribution in [3.8, 4) is 11.5 Å². The lowest BCUT2D eigenvalue weighted by Crippen LogP contribution is -2.63. The summed E-state index contributed by atoms with van der Waals surface area (Å²) in [4.78, 5) is 14.1. The molecule has 10 heteroatoms. The molecule has 8 nitrogen and oxygen atoms in total. The van der Waals surface area contributed by atoms with Gasteiger partial charge in [-0.15, -0.1) is 0 Å². The number of nitrogens with one attached hydrogen (secondary N) is 1. The zero-order valence-electron chi connectivity index (χ0n) is 15.5. The van der Waals surface area contributed by atoms with E-state index in [2.05, 4.69) is 4.72 Å². The highest BCUT2D eigenvalue weighted by molar-refractivity contribution is 7.88. The number of rotatable bonds is 5. The summed E-state index contributed by atoms with van der Waals surface area (Å²) in [5.74, 6) is -0.996. The number of hydrogen-bond acceptors (Lipinski definition) is 6. The number of fused-ring (bicyclic) bond motifs is 2. The topological polar surface area (TPSA) is 105 Å². The summed E-state index contributed by atoms with van der Waals surface area (Å²) < 4.78 is 51.5. The van der Waals surface area contributed by atoms with Crippen molar-refractivity contribution in [1.29, 1.82) is 0 Å². The van der Waals surface area contributed by atoms with Crippen LogP contribution in [0, 0.1) is 5.82 Å². The van der Waals surface area contributed by atoms with Gasteiger partial charge < -0.3 is 14.6 Å². The fourth-order valence-corrected chi connectivity index (χ4v) is 4.36. The molecule has 0 aromatic heterocycles. The van der Waals surface area contributed by atoms with Crippen molar-refractivity contribution in [3.05, 3.63) is 58.9 Å². The number of sulfonamides is 1. The first-order valence-corrected chi connectivity index (χ1v) is 10.5. The van der Waals surface area contributed by atoms with Gasteiger partial charge in [0.05, 0.1) is 25.5 Å². The minimum Gasteiger partial charge on any atom is -0.508 e. The van der Waals surface area contributed by atoms with Crippen LogP contribution in [0.2, 0.25) is 0 Å². The molecule has 2 heterocycles. The lowest BCUT2D eigenvalue weighted by atomic mass is 9.84. The molecule has 0 atom stereocenters. The number of amides is 1. The molecule has 29 heavy (non-hydrogen) atoms. The predicted octanol–water partition coefficient (Wildman–Crippen LogP) is 1.82. The molecule has 4 rings (SSSR count). The number of ether oxygens (including phenoxy) is 2. The van der Waals surface area contributed by atoms with Gasteiger partial charge in [-0.05, 0) is 19.2 Å². The molecule has 2 aromatic rings. The van der Waals surface area contributed by atoms with Gasteiger partial charge in [0.1, 0.15) is 22.9 Å². The van der Waals surface area contributed by atoms with Crippen molar-refractivity contribution in [2.24, 2.45) is 0 Å². The molecule has 2 aromatic carbocycles. The molecule has 1 saturated heterocycles. The maximum absolute atomic E-state index is 15.0. The number of carbonyl (C=O) groups is 1. The molecule has 0 unspecified atom stereocenters. The molecule has 0 aliphatic carbocycles. The Morgan fingerprint density at radius 2 is 1.97 bits per heavy atom. The average molecular weight is 422 g/mol. The van der Waals surface area contributed by atoms with Gasteiger partial charge in [-0.1, -0.05) is 18.2 Å². The number of halogens is 1. The maximum Gasteiger partial charge on any atom is 0.416 e. The van der Waals surface area contributed by atoms with Gasteiger partial charge in [0.25, 0.3) is 0 Å². The van der Waals surface area contributed by atoms with E-state index in [-0.39, 0.29) is 42.4 Å². The summed E-state index contributed by atoms with van der Waals surface area (Å²) >= 11 is 0. The summed E-state index contributed by atoms with van der Waals surface area (Å²) in [6, 6.07) is 8.93. The zero-order valence-corrected chi connectivity index (χ0v) is 16.3. The van der Waals surface area contributed by atoms with Crippen LogP contribution < -0.4 is 9.46 Å². The zero-order chi connectivity index (χ0) is 20.8. The molecule has 2 aliphatic rings. The van der Waals surface area contributed by atoms with Crippen LogP contribution in [0.4, 0.5) is 9.18 Å². The average Bonchev–Trinajstić information content (AvgIpc) is 2.64. The molecule has 2 N–H and O–H groups in total. The van der Waals surface area contributed by atoms with Gasteiger partial charge in [-0.2, -0.15) is 0 Å². The van der Waals surface area contributed by atoms with Crippen LogP contribution >= 0.6 is 0 Å². The van der Waals surface area contributed by atoms with E-state index in [1.807, 2.05) is 0 Å². The molecule has 2 aliphatic heterocycles. The Bertz CT molecular complexity index is 1080. The predicted molar refractivity (Wildman–Crippen MR) is 100 cm³/mol. The van der Waals surface area contributed by atoms with Crippen molar-refractivity contribution >= 4 is 16.1 Å². The highest BCUT2D eigenvalue weighted by Gasteiger charge is 2.53. The quantitative estimate of drug-likeness (QED) is 0.762. The van der Waals surface area contributed by atoms with Crippen LogP contribution in [-0.2, 0) is 32.6 Å². The van der Waals surface area contributed by atoms with E-state index in [1.54, 1.807) is 12.1 Å². The molecule has 1 fully saturated rings. The molecule has 1 amide bonds. The largest absolute Gasteiger partial charge is 0.508 e. The molecule has 0 bridgehead atoms. The van der Waals surface area contributed by atoms with Crippen molar-refractivity contribution < 1.29 is 32.2 Å². The Morgan fingerprint density at radius 3 is 2.62 bits per heavy atom. The van der Waals surface area contributed by atoms with Crippen LogP contribution in [0.15, 0.2) is 36.4 Å². The summed E-state index contributed by atoms with van der Waals surface area (Å²) in [7, 11) is -2.39. The molecular weight excluding hydrogens is 403 g/mol. The second-order valence-corrected chi connectivity index (χ2v) is 8.94. The lowest BCUT2D eigenvalue weighted by Gasteiger charge is -2.51. The van der Waals surface area contributed by atoms with E-state index < -0.39 is 33.2 Å². The number of hydrogen-bond donors (Lipinski definition) is 2. The van der Waals surface area contributed by atoms with Crippen LogP contribution in [0.25, 0.3) is 0 Å². The summed E-state index contributed by atoms with van der Waals surface area (Å²) in [5.41, 5.74) is -0.00102. The van der Waals surface area contributed by atoms with Gasteiger partial charge in [0.2, 0.25) is 10.0 Å². The fraction of sp³-hybridized carbons (Fsp3) is 0.316. The van der Waals surface area contributed by atoms with Crippen LogP contribution in [-0.4, -0.2) is 44.8 Å². The summed E-state index contributed by atoms with van der Waals surface area (Å²) in [6.07, 6.45) is -0.695. The fourth-order valence-electron chi connectivity index (χ4n) is 3.59. The van der Waals surface area contributed by atoms with Crippen LogP contribution in [0.3, 0.4) is 0 Å². The summed E-state index contributed by atoms with van der Waals surface area (Å²) in [6.45, 7) is 0.284. The first-order chi connectivity index (χ1) is 13.8. The third kappa shape index (κ3) is 3.33. The summed E-state index contributed by atoms with van der Waals surface area (Å²) in [5, 5.41) is 9.68. The smallest absolute Gasteiger partial charge is 0.416 e. The van der Waals surface area contributed by atoms with E-state index >= 15 is 4.39 Å². The normalized spacial score (nSPS) is 17.6. The highest BCUT2D eigenvalue weighted by atomic mass is 32.2. The number of benzene rings is 2. The number of carbonyl (C=O) groups excluding carboxylic acids is 1. The van der Waals surface area contributed by atoms with E-state index in [0.717, 1.165) is 0 Å². The van der Waals surface area contributed by atoms with Gasteiger partial charge in [0.15, 0.2) is 0 Å². The number of nitrogens with zero attached hydrogens (tertiary/aromatic N) is 1. The lowest BCUT2D eigenvalue weighted by molar-refractivity contribution is -0.143. The van der Waals surface area contributed by atoms with Crippen LogP contribution in [0.5, 0.6) is 11.5 Å². The van der Waals surface area contributed by atoms with E-state index in [0.29, 0.717) is 5.56 Å². The first kappa shape index (κ1) is 19.6. The Labute approximate surface area is 166 Å². The van der Waals surface area contributed by atoms with E-state index in [9.17, 15) is 18.3 Å². The standard InChI is InChI=1S/C19H19FN2O6S/c1-21-29(25,26)9-13-4-2-3-12(17(13)20)8-22-18(24)28-16-7-14(23)5-6-15(16)19(22)10-27-11-19/h2-7,21,23H,8-11H2,1H3. The second-order valence-electron chi connectivity index (χ2n) is 7.01. The second kappa shape index (κ2) is 6.97. The Balaban J connectivity index is 1.69. The van der Waals surface area contributed by atoms with E-state index in [1.165, 1.54) is 36.2 Å². The van der Waals surface area contributed by atoms with Gasteiger partial charge in [0, 0.05) is 22.8 Å². The number of phenolic OH excluding ortho intramolecular Hbond substituents is 1. The van der Waals surface area contributed by atoms with Gasteiger partial charge in [-0.3, -0.25) is 4.90 Å². The SMILES string of the molecule is CNS(=O)(=O)Cc1cccc(CN2C(=O)Oc3cc(O)ccc3C23COC3)c1F. The molecule has 0 saturated carbocycles. The first-order valence-electron chi connectivity index (χ1n) is 8.84. The molecule has 0 radical (unpaired) electrons. The Morgan fingerprint density at radius 1 is 1.24 bits per heavy atom. The molecular formula is C19H19FN2O6S. The van der Waals surface area contributed by atoms with Crippen molar-refractivity contribution in [2.45, 2.75) is 17.8 Å². The van der Waals surface area contributed by atoms with Crippen molar-refractivity contribution in [3.63, 3.8) is 0 Å². The highest BCUT2D eigenvalue weighted by Crippen LogP contribution is 2.46. The van der Waals surface area contributed by atoms with Gasteiger partial charge >= 0.3 is 6.09 Å². The van der Waals surface area contributed by atoms with E-state index in [4.69, 9.17) is 9.47 Å². The number of phenols is 1. The van der Waals surface area contributed by atoms with Crippen molar-refractivity contribution in [1.82, 2.24) is 9.62 Å². The molecule has 154 valence electrons. The monoisotopic (exact) mass is 422 g/mol. The minimum atomic E-state index is -3.65. The third-order valence-electron chi connectivity index (χ3n) is 5.23. The molecule has 1 spiro atoms. The Hall–Kier alpha value is -2.69. The number of aromatic hydroxyl groups is 1. The Kier molecular flexibility index (Phi) is 4.72.